The third kappa shape index (κ3) is 0.634. The molecule has 4 aromatic carbocycles. The summed E-state index contributed by atoms with van der Waals surface area (Å²) in [5.74, 6) is 0. The number of hydrogen-bond acceptors (Lipinski definition) is 0. The first-order valence-electron chi connectivity index (χ1n) is 16.7. The zero-order valence-electron chi connectivity index (χ0n) is 23.4. The number of fused-ring (bicyclic) bond motifs is 10. The Morgan fingerprint density at radius 1 is 0.390 bits per heavy atom. The molecule has 0 aromatic heterocycles. The summed E-state index contributed by atoms with van der Waals surface area (Å²) in [6.07, 6.45) is 5.65. The molecule has 202 valence electrons. The first-order valence-corrected chi connectivity index (χ1v) is 40.3. The van der Waals surface area contributed by atoms with E-state index in [-0.39, 0.29) is 15.8 Å². The fraction of sp³-hybridized carbons (Fsp3) is 0.368. The van der Waals surface area contributed by atoms with Crippen LogP contribution in [0.5, 0.6) is 0 Å². The number of benzene rings is 4. The molecule has 0 N–H and O–H groups in total. The van der Waals surface area contributed by atoms with Crippen LogP contribution in [-0.2, 0) is 35.8 Å². The van der Waals surface area contributed by atoms with E-state index in [1.165, 1.54) is 54.0 Å². The molecule has 10 heterocycles. The maximum absolute atomic E-state index is 4.41. The molecular formula is C38H36HfP2. The van der Waals surface area contributed by atoms with Gasteiger partial charge < -0.3 is 0 Å². The van der Waals surface area contributed by atoms with Crippen molar-refractivity contribution in [2.75, 3.05) is 0 Å². The van der Waals surface area contributed by atoms with Gasteiger partial charge in [0.2, 0.25) is 0 Å². The van der Waals surface area contributed by atoms with Crippen LogP contribution >= 0.6 is 15.8 Å². The monoisotopic (exact) mass is 734 g/mol. The third-order valence-electron chi connectivity index (χ3n) is 26.1. The molecule has 41 heavy (non-hydrogen) atoms. The van der Waals surface area contributed by atoms with Crippen LogP contribution in [0.3, 0.4) is 0 Å². The van der Waals surface area contributed by atoms with Crippen LogP contribution in [0.15, 0.2) is 121 Å². The fourth-order valence-electron chi connectivity index (χ4n) is 30.0. The van der Waals surface area contributed by atoms with Gasteiger partial charge in [0.05, 0.1) is 0 Å². The van der Waals surface area contributed by atoms with Crippen molar-refractivity contribution in [2.45, 2.75) is 59.9 Å². The second-order valence-corrected chi connectivity index (χ2v) is 104. The standard InChI is InChI=1S/C33H31P2.C5H5.Hf/c1-5-14-28(15-6-1)24-34(25-29-16-7-2-8-17-29)32-22-13-23-33(32)35(26-30-18-9-3-10-19-30)27-31-20-11-4-12-21-31;1-2-4-5-3-1;/h1-23H,24-27H2;1-5H;. The van der Waals surface area contributed by atoms with E-state index in [0.717, 1.165) is 5.83 Å². The van der Waals surface area contributed by atoms with E-state index in [1.807, 2.05) is 0 Å². The van der Waals surface area contributed by atoms with Gasteiger partial charge in [-0.2, -0.15) is 0 Å². The van der Waals surface area contributed by atoms with Crippen molar-refractivity contribution in [3.8, 4) is 0 Å². The van der Waals surface area contributed by atoms with Crippen molar-refractivity contribution in [1.29, 1.82) is 0 Å². The summed E-state index contributed by atoms with van der Waals surface area (Å²) >= 11 is -4.41. The predicted molar refractivity (Wildman–Crippen MR) is 170 cm³/mol. The maximum atomic E-state index is 2.48. The normalized spacial score (nSPS) is 58.1. The van der Waals surface area contributed by atoms with Crippen molar-refractivity contribution in [3.05, 3.63) is 144 Å². The van der Waals surface area contributed by atoms with E-state index >= 15 is 0 Å². The molecule has 10 aliphatic heterocycles. The Kier molecular flexibility index (Phi) is 1.92. The molecule has 4 unspecified atom stereocenters. The first kappa shape index (κ1) is 21.3. The molecular weight excluding hydrogens is 697 g/mol. The molecule has 0 aliphatic carbocycles. The molecule has 4 aromatic rings. The Balaban J connectivity index is 1.02. The second kappa shape index (κ2) is 3.69. The topological polar surface area (TPSA) is 0 Å². The van der Waals surface area contributed by atoms with E-state index in [2.05, 4.69) is 121 Å². The summed E-state index contributed by atoms with van der Waals surface area (Å²) in [6, 6.07) is 47.4. The molecule has 14 rings (SSSR count). The van der Waals surface area contributed by atoms with Gasteiger partial charge >= 0.3 is 230 Å². The summed E-state index contributed by atoms with van der Waals surface area (Å²) in [4.78, 5) is 0. The quantitative estimate of drug-likeness (QED) is 0.112. The summed E-state index contributed by atoms with van der Waals surface area (Å²) < 4.78 is 12.9. The Bertz CT molecular complexity index is 1970. The first-order chi connectivity index (χ1) is 20.0. The molecule has 10 aliphatic rings. The molecule has 3 heteroatoms. The van der Waals surface area contributed by atoms with E-state index < -0.39 is 11.2 Å². The Morgan fingerprint density at radius 2 is 0.659 bits per heavy atom. The minimum absolute atomic E-state index is 0.0274. The predicted octanol–water partition coefficient (Wildman–Crippen LogP) is 11.0. The van der Waals surface area contributed by atoms with Crippen LogP contribution in [-0.4, -0.2) is 5.83 Å². The molecule has 0 nitrogen and oxygen atoms in total. The zero-order valence-corrected chi connectivity index (χ0v) is 28.8. The summed E-state index contributed by atoms with van der Waals surface area (Å²) in [5.41, 5.74) is 6.62. The minimum atomic E-state index is -4.41. The van der Waals surface area contributed by atoms with Gasteiger partial charge in [-0.25, -0.2) is 0 Å². The van der Waals surface area contributed by atoms with Gasteiger partial charge in [0.15, 0.2) is 0 Å². The van der Waals surface area contributed by atoms with Gasteiger partial charge in [-0.15, -0.1) is 0 Å². The van der Waals surface area contributed by atoms with Crippen LogP contribution in [0.25, 0.3) is 0 Å². The third-order valence-corrected chi connectivity index (χ3v) is 198. The van der Waals surface area contributed by atoms with Crippen molar-refractivity contribution in [3.63, 3.8) is 0 Å². The van der Waals surface area contributed by atoms with Crippen LogP contribution in [0, 0.1) is 0 Å². The molecule has 0 bridgehead atoms. The van der Waals surface area contributed by atoms with Crippen LogP contribution < -0.4 is 0 Å². The second-order valence-electron chi connectivity index (χ2n) is 20.4. The molecule has 0 amide bonds. The van der Waals surface area contributed by atoms with Gasteiger partial charge in [0.1, 0.15) is 0 Å². The van der Waals surface area contributed by atoms with Gasteiger partial charge in [-0.1, -0.05) is 0 Å². The molecule has 0 radical (unpaired) electrons. The Labute approximate surface area is 228 Å². The number of hydrogen-bond donors (Lipinski definition) is 0. The molecule has 4 atom stereocenters. The van der Waals surface area contributed by atoms with Crippen molar-refractivity contribution in [2.24, 2.45) is 0 Å². The van der Waals surface area contributed by atoms with Crippen molar-refractivity contribution < 1.29 is 11.2 Å². The number of rotatable bonds is 10. The van der Waals surface area contributed by atoms with Gasteiger partial charge in [0, 0.05) is 0 Å². The van der Waals surface area contributed by atoms with Gasteiger partial charge in [0.25, 0.3) is 0 Å². The molecule has 1 spiro atoms. The van der Waals surface area contributed by atoms with Crippen molar-refractivity contribution in [1.82, 2.24) is 0 Å². The van der Waals surface area contributed by atoms with Crippen LogP contribution in [0.2, 0.25) is 29.4 Å². The SMILES string of the molecule is c1ccc(CP(Cc2ccccc2)[C]23[CH]4[CH]5[CH]6[C]2(P(Cc2ccccc2)Cc2ccccc2)[Hf]54632789[CH]3[CH]2[CH]7[CH]8[CH]39)cc1. The molecule has 10 fully saturated rings. The molecule has 10 saturated heterocycles. The Hall–Kier alpha value is -1.39. The van der Waals surface area contributed by atoms with Crippen LogP contribution in [0.4, 0.5) is 0 Å². The van der Waals surface area contributed by atoms with E-state index in [1.54, 1.807) is 22.3 Å². The average molecular weight is 733 g/mol. The van der Waals surface area contributed by atoms with E-state index in [0.29, 0.717) is 0 Å². The summed E-state index contributed by atoms with van der Waals surface area (Å²) in [7, 11) is -0.0549. The van der Waals surface area contributed by atoms with Crippen LogP contribution in [0.1, 0.15) is 22.3 Å². The van der Waals surface area contributed by atoms with E-state index in [4.69, 9.17) is 0 Å². The zero-order chi connectivity index (χ0) is 26.4. The Morgan fingerprint density at radius 3 is 0.878 bits per heavy atom. The van der Waals surface area contributed by atoms with E-state index in [9.17, 15) is 0 Å². The molecule has 0 saturated carbocycles. The summed E-state index contributed by atoms with van der Waals surface area (Å²) in [5, 5.41) is 0. The summed E-state index contributed by atoms with van der Waals surface area (Å²) in [6.45, 7) is 0. The fourth-order valence-corrected chi connectivity index (χ4v) is 502. The average Bonchev–Trinajstić information content (AvgIpc) is 3.97. The van der Waals surface area contributed by atoms with Crippen molar-refractivity contribution >= 4 is 15.8 Å². The van der Waals surface area contributed by atoms with Gasteiger partial charge in [-0.3, -0.25) is 0 Å². The van der Waals surface area contributed by atoms with Gasteiger partial charge in [-0.05, 0) is 0 Å².